The number of hydrogen-bond acceptors (Lipinski definition) is 2. The lowest BCUT2D eigenvalue weighted by molar-refractivity contribution is 0.416. The Morgan fingerprint density at radius 2 is 2.33 bits per heavy atom. The van der Waals surface area contributed by atoms with Crippen molar-refractivity contribution >= 4 is 16.8 Å². The summed E-state index contributed by atoms with van der Waals surface area (Å²) in [6.45, 7) is 1.98. The molecule has 3 atom stereocenters. The van der Waals surface area contributed by atoms with Gasteiger partial charge < -0.3 is 11.1 Å². The quantitative estimate of drug-likeness (QED) is 0.552. The Morgan fingerprint density at radius 3 is 2.93 bits per heavy atom. The molecule has 5 heteroatoms. The van der Waals surface area contributed by atoms with Gasteiger partial charge in [-0.25, -0.2) is 0 Å². The van der Waals surface area contributed by atoms with E-state index in [9.17, 15) is 4.21 Å². The molecule has 0 aromatic heterocycles. The summed E-state index contributed by atoms with van der Waals surface area (Å²) < 4.78 is 11.7. The van der Waals surface area contributed by atoms with Crippen molar-refractivity contribution in [3.63, 3.8) is 0 Å². The predicted octanol–water partition coefficient (Wildman–Crippen LogP) is 0.600. The van der Waals surface area contributed by atoms with Crippen molar-refractivity contribution in [2.75, 3.05) is 12.8 Å². The van der Waals surface area contributed by atoms with E-state index in [4.69, 9.17) is 5.73 Å². The van der Waals surface area contributed by atoms with Gasteiger partial charge in [0.25, 0.3) is 0 Å². The summed E-state index contributed by atoms with van der Waals surface area (Å²) in [4.78, 5) is 3.88. The zero-order chi connectivity index (χ0) is 11.3. The summed E-state index contributed by atoms with van der Waals surface area (Å²) in [7, 11) is 1.00. The third-order valence-electron chi connectivity index (χ3n) is 2.88. The molecule has 0 heterocycles. The van der Waals surface area contributed by atoms with Crippen molar-refractivity contribution in [1.82, 2.24) is 5.32 Å². The van der Waals surface area contributed by atoms with Crippen molar-refractivity contribution in [2.45, 2.75) is 43.9 Å². The van der Waals surface area contributed by atoms with Gasteiger partial charge in [0.15, 0.2) is 5.96 Å². The van der Waals surface area contributed by atoms with Crippen molar-refractivity contribution < 1.29 is 4.21 Å². The lowest BCUT2D eigenvalue weighted by atomic mass is 9.95. The van der Waals surface area contributed by atoms with Crippen molar-refractivity contribution in [1.29, 1.82) is 0 Å². The SMILES string of the molecule is CCS(=O)C1CCCC(NC(N)=NC)C1. The van der Waals surface area contributed by atoms with Gasteiger partial charge in [-0.15, -0.1) is 0 Å². The number of guanidine groups is 1. The standard InChI is InChI=1S/C10H21N3OS/c1-3-15(14)9-6-4-5-8(7-9)13-10(11)12-2/h8-9H,3-7H2,1-2H3,(H3,11,12,13). The second-order valence-electron chi connectivity index (χ2n) is 3.91. The molecule has 0 spiro atoms. The second kappa shape index (κ2) is 6.10. The fourth-order valence-corrected chi connectivity index (χ4v) is 3.37. The Morgan fingerprint density at radius 1 is 1.60 bits per heavy atom. The second-order valence-corrected chi connectivity index (χ2v) is 5.91. The Labute approximate surface area is 94.2 Å². The van der Waals surface area contributed by atoms with Crippen molar-refractivity contribution in [3.05, 3.63) is 0 Å². The molecule has 1 rings (SSSR count). The van der Waals surface area contributed by atoms with E-state index in [0.29, 0.717) is 17.3 Å². The van der Waals surface area contributed by atoms with Crippen LogP contribution in [0.25, 0.3) is 0 Å². The van der Waals surface area contributed by atoms with Gasteiger partial charge >= 0.3 is 0 Å². The molecule has 0 saturated heterocycles. The molecule has 0 radical (unpaired) electrons. The van der Waals surface area contributed by atoms with Gasteiger partial charge in [-0.3, -0.25) is 9.20 Å². The molecule has 3 unspecified atom stereocenters. The highest BCUT2D eigenvalue weighted by Gasteiger charge is 2.25. The first kappa shape index (κ1) is 12.5. The zero-order valence-corrected chi connectivity index (χ0v) is 10.3. The number of rotatable bonds is 3. The molecular weight excluding hydrogens is 210 g/mol. The average molecular weight is 231 g/mol. The van der Waals surface area contributed by atoms with E-state index in [0.717, 1.165) is 31.4 Å². The van der Waals surface area contributed by atoms with Gasteiger partial charge in [0, 0.05) is 34.9 Å². The molecule has 15 heavy (non-hydrogen) atoms. The molecular formula is C10H21N3OS. The smallest absolute Gasteiger partial charge is 0.188 e. The van der Waals surface area contributed by atoms with Gasteiger partial charge in [-0.2, -0.15) is 0 Å². The van der Waals surface area contributed by atoms with Crippen LogP contribution in [0.1, 0.15) is 32.6 Å². The van der Waals surface area contributed by atoms with Crippen LogP contribution >= 0.6 is 0 Å². The Balaban J connectivity index is 2.45. The van der Waals surface area contributed by atoms with Gasteiger partial charge in [0.1, 0.15) is 0 Å². The molecule has 1 fully saturated rings. The van der Waals surface area contributed by atoms with E-state index in [1.807, 2.05) is 6.92 Å². The van der Waals surface area contributed by atoms with E-state index in [2.05, 4.69) is 10.3 Å². The number of hydrogen-bond donors (Lipinski definition) is 2. The summed E-state index contributed by atoms with van der Waals surface area (Å²) in [5, 5.41) is 3.51. The van der Waals surface area contributed by atoms with Crippen molar-refractivity contribution in [2.24, 2.45) is 10.7 Å². The van der Waals surface area contributed by atoms with Crippen LogP contribution in [-0.2, 0) is 10.8 Å². The van der Waals surface area contributed by atoms with E-state index < -0.39 is 10.8 Å². The highest BCUT2D eigenvalue weighted by Crippen LogP contribution is 2.22. The molecule has 0 amide bonds. The molecule has 1 aliphatic carbocycles. The minimum Gasteiger partial charge on any atom is -0.370 e. The normalized spacial score (nSPS) is 29.9. The Hall–Kier alpha value is -0.580. The molecule has 0 aromatic rings. The van der Waals surface area contributed by atoms with Crippen LogP contribution in [0.15, 0.2) is 4.99 Å². The van der Waals surface area contributed by atoms with E-state index in [1.54, 1.807) is 7.05 Å². The molecule has 0 aromatic carbocycles. The van der Waals surface area contributed by atoms with E-state index >= 15 is 0 Å². The average Bonchev–Trinajstić information content (AvgIpc) is 2.28. The van der Waals surface area contributed by atoms with Crippen LogP contribution in [0.2, 0.25) is 0 Å². The predicted molar refractivity (Wildman–Crippen MR) is 65.4 cm³/mol. The zero-order valence-electron chi connectivity index (χ0n) is 9.53. The number of nitrogens with one attached hydrogen (secondary N) is 1. The fourth-order valence-electron chi connectivity index (χ4n) is 2.02. The van der Waals surface area contributed by atoms with Gasteiger partial charge in [0.2, 0.25) is 0 Å². The van der Waals surface area contributed by atoms with Gasteiger partial charge in [-0.1, -0.05) is 13.3 Å². The lowest BCUT2D eigenvalue weighted by Gasteiger charge is -2.29. The van der Waals surface area contributed by atoms with E-state index in [-0.39, 0.29) is 0 Å². The van der Waals surface area contributed by atoms with E-state index in [1.165, 1.54) is 0 Å². The maximum atomic E-state index is 11.7. The summed E-state index contributed by atoms with van der Waals surface area (Å²) in [6, 6.07) is 0.350. The third-order valence-corrected chi connectivity index (χ3v) is 4.62. The van der Waals surface area contributed by atoms with Crippen LogP contribution in [0, 0.1) is 0 Å². The van der Waals surface area contributed by atoms with Gasteiger partial charge in [-0.05, 0) is 19.3 Å². The van der Waals surface area contributed by atoms with Crippen LogP contribution < -0.4 is 11.1 Å². The maximum absolute atomic E-state index is 11.7. The van der Waals surface area contributed by atoms with Crippen LogP contribution in [0.4, 0.5) is 0 Å². The third kappa shape index (κ3) is 3.81. The lowest BCUT2D eigenvalue weighted by Crippen LogP contribution is -2.44. The first-order valence-corrected chi connectivity index (χ1v) is 6.91. The largest absolute Gasteiger partial charge is 0.370 e. The Bertz CT molecular complexity index is 255. The van der Waals surface area contributed by atoms with Crippen LogP contribution in [0.3, 0.4) is 0 Å². The minimum absolute atomic E-state index is 0.339. The minimum atomic E-state index is -0.672. The topological polar surface area (TPSA) is 67.5 Å². The molecule has 4 nitrogen and oxygen atoms in total. The van der Waals surface area contributed by atoms with Crippen molar-refractivity contribution in [3.8, 4) is 0 Å². The van der Waals surface area contributed by atoms with Crippen LogP contribution in [-0.4, -0.2) is 34.3 Å². The summed E-state index contributed by atoms with van der Waals surface area (Å²) >= 11 is 0. The summed E-state index contributed by atoms with van der Waals surface area (Å²) in [6.07, 6.45) is 4.27. The summed E-state index contributed by atoms with van der Waals surface area (Å²) in [5.41, 5.74) is 5.62. The van der Waals surface area contributed by atoms with Gasteiger partial charge in [0.05, 0.1) is 0 Å². The molecule has 0 bridgehead atoms. The highest BCUT2D eigenvalue weighted by atomic mass is 32.2. The molecule has 88 valence electrons. The number of nitrogens with two attached hydrogens (primary N) is 1. The fraction of sp³-hybridized carbons (Fsp3) is 0.900. The first-order valence-electron chi connectivity index (χ1n) is 5.53. The first-order chi connectivity index (χ1) is 7.17. The Kier molecular flexibility index (Phi) is 5.08. The molecule has 0 aliphatic heterocycles. The number of aliphatic imine (C=N–C) groups is 1. The number of nitrogens with zero attached hydrogens (tertiary/aromatic N) is 1. The monoisotopic (exact) mass is 231 g/mol. The molecule has 1 saturated carbocycles. The highest BCUT2D eigenvalue weighted by molar-refractivity contribution is 7.85. The molecule has 3 N–H and O–H groups in total. The summed E-state index contributed by atoms with van der Waals surface area (Å²) in [5.74, 6) is 1.25. The molecule has 1 aliphatic rings. The van der Waals surface area contributed by atoms with Crippen LogP contribution in [0.5, 0.6) is 0 Å². The maximum Gasteiger partial charge on any atom is 0.188 e.